The van der Waals surface area contributed by atoms with Crippen molar-refractivity contribution in [3.63, 3.8) is 0 Å². The lowest BCUT2D eigenvalue weighted by atomic mass is 10.2. The van der Waals surface area contributed by atoms with Gasteiger partial charge in [0.2, 0.25) is 0 Å². The Hall–Kier alpha value is -0.830. The van der Waals surface area contributed by atoms with Gasteiger partial charge >= 0.3 is 0 Å². The van der Waals surface area contributed by atoms with Crippen LogP contribution in [0.4, 0.5) is 5.69 Å². The first kappa shape index (κ1) is 14.6. The van der Waals surface area contributed by atoms with E-state index in [0.29, 0.717) is 18.8 Å². The summed E-state index contributed by atoms with van der Waals surface area (Å²) in [6.07, 6.45) is 1.46. The van der Waals surface area contributed by atoms with Crippen LogP contribution in [0.2, 0.25) is 0 Å². The van der Waals surface area contributed by atoms with Crippen molar-refractivity contribution >= 4 is 27.5 Å². The number of anilines is 1. The maximum Gasteiger partial charge on any atom is 0.262 e. The molecule has 1 aromatic rings. The normalized spacial score (nSPS) is 20.2. The fourth-order valence-corrected chi connectivity index (χ4v) is 4.98. The smallest absolute Gasteiger partial charge is 0.262 e. The lowest BCUT2D eigenvalue weighted by molar-refractivity contribution is 0.386. The van der Waals surface area contributed by atoms with Crippen LogP contribution in [0.25, 0.3) is 0 Å². The van der Waals surface area contributed by atoms with E-state index in [1.165, 1.54) is 10.5 Å². The molecule has 2 heterocycles. The van der Waals surface area contributed by atoms with Gasteiger partial charge in [0.25, 0.3) is 10.0 Å². The largest absolute Gasteiger partial charge is 0.321 e. The van der Waals surface area contributed by atoms with Gasteiger partial charge in [-0.2, -0.15) is 16.1 Å². The first-order chi connectivity index (χ1) is 8.87. The average Bonchev–Trinajstić information content (AvgIpc) is 2.37. The molecule has 0 amide bonds. The molecule has 1 aliphatic heterocycles. The van der Waals surface area contributed by atoms with E-state index < -0.39 is 10.0 Å². The Morgan fingerprint density at radius 3 is 2.89 bits per heavy atom. The molecule has 0 spiro atoms. The van der Waals surface area contributed by atoms with E-state index in [0.717, 1.165) is 5.75 Å². The van der Waals surface area contributed by atoms with Crippen molar-refractivity contribution in [2.45, 2.75) is 23.6 Å². The molecule has 106 valence electrons. The first-order valence-corrected chi connectivity index (χ1v) is 8.35. The molecular weight excluding hydrogens is 284 g/mol. The van der Waals surface area contributed by atoms with Crippen molar-refractivity contribution in [3.05, 3.63) is 18.3 Å². The summed E-state index contributed by atoms with van der Waals surface area (Å²) in [6.45, 7) is 5.05. The van der Waals surface area contributed by atoms with Crippen LogP contribution < -0.4 is 11.3 Å². The fourth-order valence-electron chi connectivity index (χ4n) is 2.01. The Kier molecular flexibility index (Phi) is 4.05. The average molecular weight is 302 g/mol. The number of aromatic nitrogens is 1. The number of sulfonamides is 1. The predicted octanol–water partition coefficient (Wildman–Crippen LogP) is 0.883. The Morgan fingerprint density at radius 1 is 1.53 bits per heavy atom. The summed E-state index contributed by atoms with van der Waals surface area (Å²) in [4.78, 5) is 3.97. The van der Waals surface area contributed by atoms with E-state index >= 15 is 0 Å². The lowest BCUT2D eigenvalue weighted by Gasteiger charge is -2.36. The Balaban J connectivity index is 2.37. The zero-order valence-electron chi connectivity index (χ0n) is 11.0. The number of nitrogens with zero attached hydrogens (tertiary/aromatic N) is 2. The van der Waals surface area contributed by atoms with Gasteiger partial charge in [0.05, 0.1) is 5.69 Å². The molecule has 0 saturated carbocycles. The van der Waals surface area contributed by atoms with E-state index in [-0.39, 0.29) is 9.77 Å². The fraction of sp³-hybridized carbons (Fsp3) is 0.545. The van der Waals surface area contributed by atoms with Gasteiger partial charge in [0.1, 0.15) is 0 Å². The molecule has 19 heavy (non-hydrogen) atoms. The number of hydrogen-bond acceptors (Lipinski definition) is 6. The quantitative estimate of drug-likeness (QED) is 0.636. The van der Waals surface area contributed by atoms with Crippen molar-refractivity contribution < 1.29 is 8.42 Å². The van der Waals surface area contributed by atoms with Crippen molar-refractivity contribution in [2.24, 2.45) is 5.84 Å². The van der Waals surface area contributed by atoms with Crippen LogP contribution in [-0.2, 0) is 10.0 Å². The minimum atomic E-state index is -3.61. The lowest BCUT2D eigenvalue weighted by Crippen LogP contribution is -2.46. The topological polar surface area (TPSA) is 88.3 Å². The van der Waals surface area contributed by atoms with Crippen LogP contribution in [-0.4, -0.2) is 41.3 Å². The number of rotatable bonds is 3. The predicted molar refractivity (Wildman–Crippen MR) is 77.3 cm³/mol. The third-order valence-electron chi connectivity index (χ3n) is 2.90. The summed E-state index contributed by atoms with van der Waals surface area (Å²) in [6, 6.07) is 3.24. The minimum Gasteiger partial charge on any atom is -0.321 e. The molecule has 2 rings (SSSR count). The molecule has 0 aliphatic carbocycles. The van der Waals surface area contributed by atoms with E-state index in [9.17, 15) is 8.42 Å². The van der Waals surface area contributed by atoms with Gasteiger partial charge in [-0.05, 0) is 26.0 Å². The molecule has 0 unspecified atom stereocenters. The van der Waals surface area contributed by atoms with E-state index in [4.69, 9.17) is 5.84 Å². The summed E-state index contributed by atoms with van der Waals surface area (Å²) >= 11 is 1.78. The second kappa shape index (κ2) is 5.28. The number of nitrogens with two attached hydrogens (primary N) is 1. The zero-order valence-corrected chi connectivity index (χ0v) is 12.6. The van der Waals surface area contributed by atoms with Gasteiger partial charge in [-0.25, -0.2) is 13.4 Å². The van der Waals surface area contributed by atoms with E-state index in [2.05, 4.69) is 10.4 Å². The second-order valence-electron chi connectivity index (χ2n) is 4.95. The molecule has 8 heteroatoms. The summed E-state index contributed by atoms with van der Waals surface area (Å²) < 4.78 is 26.6. The van der Waals surface area contributed by atoms with Crippen molar-refractivity contribution in [1.29, 1.82) is 0 Å². The van der Waals surface area contributed by atoms with Crippen LogP contribution in [0, 0.1) is 0 Å². The molecule has 1 saturated heterocycles. The Morgan fingerprint density at radius 2 is 2.26 bits per heavy atom. The highest BCUT2D eigenvalue weighted by atomic mass is 32.2. The summed E-state index contributed by atoms with van der Waals surface area (Å²) in [7, 11) is -3.61. The monoisotopic (exact) mass is 302 g/mol. The highest BCUT2D eigenvalue weighted by Crippen LogP contribution is 2.33. The van der Waals surface area contributed by atoms with Crippen LogP contribution >= 0.6 is 11.8 Å². The number of hydrazine groups is 1. The molecular formula is C11H18N4O2S2. The van der Waals surface area contributed by atoms with E-state index in [1.54, 1.807) is 23.9 Å². The van der Waals surface area contributed by atoms with Gasteiger partial charge < -0.3 is 5.43 Å². The number of hydrogen-bond donors (Lipinski definition) is 2. The number of nitrogen functional groups attached to an aromatic ring is 1. The number of pyridine rings is 1. The number of thioether (sulfide) groups is 1. The van der Waals surface area contributed by atoms with Gasteiger partial charge in [-0.1, -0.05) is 0 Å². The first-order valence-electron chi connectivity index (χ1n) is 5.92. The van der Waals surface area contributed by atoms with E-state index in [1.807, 2.05) is 13.8 Å². The third-order valence-corrected chi connectivity index (χ3v) is 6.00. The van der Waals surface area contributed by atoms with Crippen molar-refractivity contribution in [1.82, 2.24) is 9.29 Å². The molecule has 3 N–H and O–H groups in total. The number of nitrogens with one attached hydrogen (secondary N) is 1. The maximum atomic E-state index is 12.6. The minimum absolute atomic E-state index is 0.0137. The SMILES string of the molecule is CC1(C)CN(S(=O)(=O)c2ncccc2NN)CCS1. The zero-order chi connectivity index (χ0) is 14.1. The van der Waals surface area contributed by atoms with Crippen molar-refractivity contribution in [2.75, 3.05) is 24.3 Å². The second-order valence-corrected chi connectivity index (χ2v) is 8.60. The highest BCUT2D eigenvalue weighted by Gasteiger charge is 2.36. The van der Waals surface area contributed by atoms with Crippen molar-refractivity contribution in [3.8, 4) is 0 Å². The molecule has 6 nitrogen and oxygen atoms in total. The van der Waals surface area contributed by atoms with Crippen LogP contribution in [0.3, 0.4) is 0 Å². The van der Waals surface area contributed by atoms with Gasteiger partial charge in [-0.3, -0.25) is 5.84 Å². The molecule has 1 aliphatic rings. The van der Waals surface area contributed by atoms with Gasteiger partial charge in [0.15, 0.2) is 5.03 Å². The highest BCUT2D eigenvalue weighted by molar-refractivity contribution is 8.00. The Labute approximate surface area is 117 Å². The molecule has 1 aromatic heterocycles. The molecule has 0 radical (unpaired) electrons. The summed E-state index contributed by atoms with van der Waals surface area (Å²) in [5.41, 5.74) is 2.71. The third kappa shape index (κ3) is 3.02. The molecule has 0 aromatic carbocycles. The molecule has 1 fully saturated rings. The van der Waals surface area contributed by atoms with Crippen LogP contribution in [0.1, 0.15) is 13.8 Å². The summed E-state index contributed by atoms with van der Waals surface area (Å²) in [5, 5.41) is -0.0137. The Bertz CT molecular complexity index is 560. The summed E-state index contributed by atoms with van der Waals surface area (Å²) in [5.74, 6) is 6.14. The molecule has 0 atom stereocenters. The standard InChI is InChI=1S/C11H18N4O2S2/c1-11(2)8-15(6-7-18-11)19(16,17)10-9(14-12)4-3-5-13-10/h3-5,14H,6-8,12H2,1-2H3. The molecule has 0 bridgehead atoms. The van der Waals surface area contributed by atoms with Crippen LogP contribution in [0.15, 0.2) is 23.4 Å². The van der Waals surface area contributed by atoms with Crippen LogP contribution in [0.5, 0.6) is 0 Å². The maximum absolute atomic E-state index is 12.6. The van der Waals surface area contributed by atoms with Gasteiger partial charge in [0, 0.05) is 29.8 Å². The van der Waals surface area contributed by atoms with Gasteiger partial charge in [-0.15, -0.1) is 0 Å².